The van der Waals surface area contributed by atoms with E-state index in [0.29, 0.717) is 25.2 Å². The molecule has 1 atom stereocenters. The van der Waals surface area contributed by atoms with E-state index in [9.17, 15) is 23.9 Å². The Bertz CT molecular complexity index is 1280. The number of urea groups is 1. The summed E-state index contributed by atoms with van der Waals surface area (Å²) in [6.45, 7) is 1.34. The maximum absolute atomic E-state index is 13.4. The quantitative estimate of drug-likeness (QED) is 0.530. The molecule has 0 radical (unpaired) electrons. The zero-order chi connectivity index (χ0) is 25.8. The molecule has 1 aliphatic heterocycles. The topological polar surface area (TPSA) is 130 Å². The molecular weight excluding hydrogens is 471 g/mol. The molecule has 36 heavy (non-hydrogen) atoms. The Kier molecular flexibility index (Phi) is 7.25. The number of carboxylic acid groups (broad SMARTS) is 1. The first-order valence-electron chi connectivity index (χ1n) is 11.2. The fourth-order valence-electron chi connectivity index (χ4n) is 3.74. The van der Waals surface area contributed by atoms with Crippen LogP contribution < -0.4 is 10.1 Å². The van der Waals surface area contributed by atoms with E-state index in [1.54, 1.807) is 19.0 Å². The lowest BCUT2D eigenvalue weighted by Gasteiger charge is -2.36. The molecule has 1 fully saturated rings. The van der Waals surface area contributed by atoms with Crippen LogP contribution in [-0.2, 0) is 6.61 Å². The molecular formula is C24H25FN6O5. The molecule has 12 heteroatoms. The van der Waals surface area contributed by atoms with E-state index in [1.165, 1.54) is 53.4 Å². The number of hydrogen-bond acceptors (Lipinski definition) is 7. The third-order valence-corrected chi connectivity index (χ3v) is 5.59. The van der Waals surface area contributed by atoms with Gasteiger partial charge in [-0.1, -0.05) is 18.2 Å². The van der Waals surface area contributed by atoms with Crippen LogP contribution in [0.3, 0.4) is 0 Å². The number of ether oxygens (including phenoxy) is 1. The lowest BCUT2D eigenvalue weighted by atomic mass is 10.1. The lowest BCUT2D eigenvalue weighted by molar-refractivity contribution is 0.0696. The van der Waals surface area contributed by atoms with Gasteiger partial charge in [-0.3, -0.25) is 4.79 Å². The average Bonchev–Trinajstić information content (AvgIpc) is 3.31. The minimum absolute atomic E-state index is 0.0237. The number of rotatable bonds is 6. The monoisotopic (exact) mass is 496 g/mol. The molecule has 0 spiro atoms. The molecule has 2 heterocycles. The lowest BCUT2D eigenvalue weighted by Crippen LogP contribution is -2.52. The van der Waals surface area contributed by atoms with Crippen LogP contribution in [0.1, 0.15) is 38.1 Å². The minimum atomic E-state index is -1.18. The van der Waals surface area contributed by atoms with E-state index in [4.69, 9.17) is 4.74 Å². The van der Waals surface area contributed by atoms with Crippen LogP contribution in [0.4, 0.5) is 9.18 Å². The molecule has 2 aromatic carbocycles. The van der Waals surface area contributed by atoms with Gasteiger partial charge in [0, 0.05) is 39.3 Å². The zero-order valence-corrected chi connectivity index (χ0v) is 19.7. The van der Waals surface area contributed by atoms with Gasteiger partial charge < -0.3 is 25.0 Å². The van der Waals surface area contributed by atoms with Crippen LogP contribution in [0.25, 0.3) is 0 Å². The van der Waals surface area contributed by atoms with Gasteiger partial charge in [-0.05, 0) is 35.9 Å². The zero-order valence-electron chi connectivity index (χ0n) is 19.7. The Morgan fingerprint density at radius 3 is 2.58 bits per heavy atom. The van der Waals surface area contributed by atoms with Gasteiger partial charge in [-0.15, -0.1) is 9.78 Å². The summed E-state index contributed by atoms with van der Waals surface area (Å²) in [5, 5.41) is 16.9. The molecule has 1 aromatic heterocycles. The molecule has 1 saturated heterocycles. The van der Waals surface area contributed by atoms with Crippen LogP contribution in [0, 0.1) is 5.82 Å². The van der Waals surface area contributed by atoms with Crippen molar-refractivity contribution in [3.8, 4) is 6.01 Å². The number of amides is 2. The van der Waals surface area contributed by atoms with Crippen molar-refractivity contribution in [2.45, 2.75) is 12.6 Å². The van der Waals surface area contributed by atoms with E-state index in [-0.39, 0.29) is 35.6 Å². The summed E-state index contributed by atoms with van der Waals surface area (Å²) in [5.41, 5.74) is 0.645. The number of halogens is 1. The van der Waals surface area contributed by atoms with E-state index >= 15 is 0 Å². The SMILES string of the molecule is CN(C)C(=O)N1CCNCC1c1nc(OCc2ccc(F)cc2)n(C(=O)c2cccc(C(=O)O)c2)n1. The number of benzene rings is 2. The maximum atomic E-state index is 13.4. The van der Waals surface area contributed by atoms with Gasteiger partial charge in [0.25, 0.3) is 5.91 Å². The number of aromatic nitrogens is 3. The first kappa shape index (κ1) is 24.8. The predicted molar refractivity (Wildman–Crippen MR) is 125 cm³/mol. The van der Waals surface area contributed by atoms with E-state index in [1.807, 2.05) is 0 Å². The Balaban J connectivity index is 1.70. The molecule has 2 amide bonds. The molecule has 11 nitrogen and oxygen atoms in total. The predicted octanol–water partition coefficient (Wildman–Crippen LogP) is 2.01. The van der Waals surface area contributed by atoms with Crippen molar-refractivity contribution in [2.75, 3.05) is 33.7 Å². The number of carbonyl (C=O) groups excluding carboxylic acids is 2. The molecule has 2 N–H and O–H groups in total. The van der Waals surface area contributed by atoms with Crippen LogP contribution in [-0.4, -0.2) is 81.3 Å². The molecule has 1 aliphatic rings. The van der Waals surface area contributed by atoms with Crippen LogP contribution in [0.15, 0.2) is 48.5 Å². The average molecular weight is 496 g/mol. The van der Waals surface area contributed by atoms with Gasteiger partial charge in [0.2, 0.25) is 0 Å². The second kappa shape index (κ2) is 10.5. The Labute approximate surface area is 206 Å². The normalized spacial score (nSPS) is 15.4. The van der Waals surface area contributed by atoms with Crippen molar-refractivity contribution in [3.05, 3.63) is 76.9 Å². The highest BCUT2D eigenvalue weighted by Crippen LogP contribution is 2.24. The third kappa shape index (κ3) is 5.33. The Morgan fingerprint density at radius 2 is 1.89 bits per heavy atom. The highest BCUT2D eigenvalue weighted by Gasteiger charge is 2.33. The molecule has 1 unspecified atom stereocenters. The molecule has 0 saturated carbocycles. The fourth-order valence-corrected chi connectivity index (χ4v) is 3.74. The first-order chi connectivity index (χ1) is 17.2. The van der Waals surface area contributed by atoms with Gasteiger partial charge in [-0.2, -0.15) is 4.98 Å². The number of nitrogens with zero attached hydrogens (tertiary/aromatic N) is 5. The Morgan fingerprint density at radius 1 is 1.17 bits per heavy atom. The summed E-state index contributed by atoms with van der Waals surface area (Å²) in [7, 11) is 3.29. The Hall–Kier alpha value is -4.32. The molecule has 4 rings (SSSR count). The van der Waals surface area contributed by atoms with Crippen molar-refractivity contribution in [3.63, 3.8) is 0 Å². The minimum Gasteiger partial charge on any atom is -0.478 e. The van der Waals surface area contributed by atoms with Crippen LogP contribution in [0.2, 0.25) is 0 Å². The number of nitrogens with one attached hydrogen (secondary N) is 1. The van der Waals surface area contributed by atoms with Crippen molar-refractivity contribution in [1.29, 1.82) is 0 Å². The third-order valence-electron chi connectivity index (χ3n) is 5.59. The standard InChI is InChI=1S/C24H25FN6O5/c1-29(2)24(35)30-11-10-26-13-19(30)20-27-23(36-14-15-6-8-18(25)9-7-15)31(28-20)21(32)16-4-3-5-17(12-16)22(33)34/h3-9,12,19,26H,10-11,13-14H2,1-2H3,(H,33,34). The molecule has 188 valence electrons. The van der Waals surface area contributed by atoms with E-state index < -0.39 is 23.7 Å². The summed E-state index contributed by atoms with van der Waals surface area (Å²) in [4.78, 5) is 45.0. The van der Waals surface area contributed by atoms with Crippen molar-refractivity contribution in [1.82, 2.24) is 29.9 Å². The maximum Gasteiger partial charge on any atom is 0.335 e. The highest BCUT2D eigenvalue weighted by atomic mass is 19.1. The van der Waals surface area contributed by atoms with Crippen LogP contribution >= 0.6 is 0 Å². The van der Waals surface area contributed by atoms with Crippen molar-refractivity contribution >= 4 is 17.9 Å². The highest BCUT2D eigenvalue weighted by molar-refractivity contribution is 5.98. The summed E-state index contributed by atoms with van der Waals surface area (Å²) in [6.07, 6.45) is 0. The molecule has 0 bridgehead atoms. The largest absolute Gasteiger partial charge is 0.478 e. The number of hydrogen-bond donors (Lipinski definition) is 2. The fraction of sp³-hybridized carbons (Fsp3) is 0.292. The number of carboxylic acids is 1. The van der Waals surface area contributed by atoms with Gasteiger partial charge >= 0.3 is 18.0 Å². The van der Waals surface area contributed by atoms with Gasteiger partial charge in [0.1, 0.15) is 18.5 Å². The summed E-state index contributed by atoms with van der Waals surface area (Å²) in [5.74, 6) is -2.04. The van der Waals surface area contributed by atoms with Gasteiger partial charge in [0.15, 0.2) is 5.82 Å². The van der Waals surface area contributed by atoms with Gasteiger partial charge in [-0.25, -0.2) is 14.0 Å². The van der Waals surface area contributed by atoms with Gasteiger partial charge in [0.05, 0.1) is 5.56 Å². The molecule has 3 aromatic rings. The summed E-state index contributed by atoms with van der Waals surface area (Å²) in [6, 6.07) is 10.2. The van der Waals surface area contributed by atoms with Crippen molar-refractivity contribution < 1.29 is 28.6 Å². The number of piperazine rings is 1. The first-order valence-corrected chi connectivity index (χ1v) is 11.2. The smallest absolute Gasteiger partial charge is 0.335 e. The van der Waals surface area contributed by atoms with E-state index in [2.05, 4.69) is 15.4 Å². The van der Waals surface area contributed by atoms with Crippen LogP contribution in [0.5, 0.6) is 6.01 Å². The summed E-state index contributed by atoms with van der Waals surface area (Å²) < 4.78 is 20.0. The second-order valence-electron chi connectivity index (χ2n) is 8.36. The number of carbonyl (C=O) groups is 3. The van der Waals surface area contributed by atoms with E-state index in [0.717, 1.165) is 4.68 Å². The molecule has 0 aliphatic carbocycles. The number of aromatic carboxylic acids is 1. The van der Waals surface area contributed by atoms with Crippen molar-refractivity contribution in [2.24, 2.45) is 0 Å². The second-order valence-corrected chi connectivity index (χ2v) is 8.36. The summed E-state index contributed by atoms with van der Waals surface area (Å²) >= 11 is 0.